The summed E-state index contributed by atoms with van der Waals surface area (Å²) < 4.78 is 4.94. The first kappa shape index (κ1) is 21.9. The lowest BCUT2D eigenvalue weighted by Gasteiger charge is -2.35. The van der Waals surface area contributed by atoms with Crippen LogP contribution in [0, 0.1) is 11.3 Å². The van der Waals surface area contributed by atoms with E-state index in [-0.39, 0.29) is 23.6 Å². The molecule has 3 amide bonds. The van der Waals surface area contributed by atoms with E-state index in [4.69, 9.17) is 4.74 Å². The molecule has 7 nitrogen and oxygen atoms in total. The number of ether oxygens (including phenoxy) is 1. The lowest BCUT2D eigenvalue weighted by molar-refractivity contribution is -0.142. The highest BCUT2D eigenvalue weighted by molar-refractivity contribution is 6.04. The van der Waals surface area contributed by atoms with Crippen LogP contribution in [0.5, 0.6) is 0 Å². The van der Waals surface area contributed by atoms with Gasteiger partial charge in [-0.05, 0) is 25.0 Å². The molecule has 0 aliphatic carbocycles. The zero-order valence-corrected chi connectivity index (χ0v) is 17.2. The molecular formula is C21H31N3O4. The van der Waals surface area contributed by atoms with Crippen LogP contribution < -0.4 is 10.6 Å². The molecule has 0 radical (unpaired) electrons. The number of carbonyl (C=O) groups is 3. The zero-order chi connectivity index (χ0) is 20.7. The summed E-state index contributed by atoms with van der Waals surface area (Å²) in [5, 5.41) is 5.66. The van der Waals surface area contributed by atoms with Crippen LogP contribution in [0.4, 0.5) is 5.69 Å². The number of methoxy groups -OCH3 is 1. The minimum absolute atomic E-state index is 0.111. The SMILES string of the molecule is COCCNC(=O)c1ccccc1NC(=O)C1CCN(C(=O)C(C)(C)C)CC1. The van der Waals surface area contributed by atoms with Crippen LogP contribution in [0.3, 0.4) is 0 Å². The number of rotatable bonds is 6. The van der Waals surface area contributed by atoms with Gasteiger partial charge in [0.05, 0.1) is 17.9 Å². The van der Waals surface area contributed by atoms with Crippen LogP contribution in [0.15, 0.2) is 24.3 Å². The molecule has 0 saturated carbocycles. The molecule has 0 spiro atoms. The van der Waals surface area contributed by atoms with Crippen molar-refractivity contribution < 1.29 is 19.1 Å². The second-order valence-electron chi connectivity index (χ2n) is 8.10. The van der Waals surface area contributed by atoms with Gasteiger partial charge in [0.1, 0.15) is 0 Å². The van der Waals surface area contributed by atoms with E-state index in [1.54, 1.807) is 31.4 Å². The number of nitrogens with zero attached hydrogens (tertiary/aromatic N) is 1. The maximum Gasteiger partial charge on any atom is 0.253 e. The fraction of sp³-hybridized carbons (Fsp3) is 0.571. The third-order valence-corrected chi connectivity index (χ3v) is 4.82. The standard InChI is InChI=1S/C21H31N3O4/c1-21(2,3)20(27)24-12-9-15(10-13-24)18(25)23-17-8-6-5-7-16(17)19(26)22-11-14-28-4/h5-8,15H,9-14H2,1-4H3,(H,22,26)(H,23,25). The molecule has 1 aliphatic heterocycles. The summed E-state index contributed by atoms with van der Waals surface area (Å²) in [4.78, 5) is 39.3. The second kappa shape index (κ2) is 9.68. The van der Waals surface area contributed by atoms with E-state index in [0.29, 0.717) is 50.3 Å². The monoisotopic (exact) mass is 389 g/mol. The number of para-hydroxylation sites is 1. The van der Waals surface area contributed by atoms with Gasteiger partial charge in [-0.25, -0.2) is 0 Å². The number of anilines is 1. The van der Waals surface area contributed by atoms with E-state index in [1.807, 2.05) is 25.7 Å². The molecule has 154 valence electrons. The lowest BCUT2D eigenvalue weighted by atomic mass is 9.90. The van der Waals surface area contributed by atoms with Crippen molar-refractivity contribution in [3.8, 4) is 0 Å². The highest BCUT2D eigenvalue weighted by Gasteiger charge is 2.32. The third kappa shape index (κ3) is 5.79. The molecule has 0 aromatic heterocycles. The van der Waals surface area contributed by atoms with Crippen molar-refractivity contribution in [1.82, 2.24) is 10.2 Å². The summed E-state index contributed by atoms with van der Waals surface area (Å²) in [6, 6.07) is 6.95. The first-order valence-electron chi connectivity index (χ1n) is 9.70. The molecule has 1 aromatic rings. The number of hydrogen-bond donors (Lipinski definition) is 2. The molecule has 28 heavy (non-hydrogen) atoms. The van der Waals surface area contributed by atoms with Gasteiger partial charge in [-0.1, -0.05) is 32.9 Å². The average Bonchev–Trinajstić information content (AvgIpc) is 2.67. The zero-order valence-electron chi connectivity index (χ0n) is 17.2. The molecule has 0 atom stereocenters. The van der Waals surface area contributed by atoms with E-state index in [0.717, 1.165) is 0 Å². The van der Waals surface area contributed by atoms with E-state index in [9.17, 15) is 14.4 Å². The van der Waals surface area contributed by atoms with Gasteiger partial charge in [-0.2, -0.15) is 0 Å². The molecule has 1 aliphatic rings. The summed E-state index contributed by atoms with van der Waals surface area (Å²) in [7, 11) is 1.57. The average molecular weight is 389 g/mol. The maximum absolute atomic E-state index is 12.7. The van der Waals surface area contributed by atoms with Gasteiger partial charge in [0.2, 0.25) is 11.8 Å². The molecule has 2 N–H and O–H groups in total. The van der Waals surface area contributed by atoms with Crippen molar-refractivity contribution in [2.24, 2.45) is 11.3 Å². The number of nitrogens with one attached hydrogen (secondary N) is 2. The Morgan fingerprint density at radius 3 is 2.39 bits per heavy atom. The second-order valence-corrected chi connectivity index (χ2v) is 8.10. The smallest absolute Gasteiger partial charge is 0.253 e. The number of amides is 3. The van der Waals surface area contributed by atoms with Gasteiger partial charge in [-0.15, -0.1) is 0 Å². The predicted octanol–water partition coefficient (Wildman–Crippen LogP) is 2.29. The molecule has 1 saturated heterocycles. The summed E-state index contributed by atoms with van der Waals surface area (Å²) in [6.07, 6.45) is 1.24. The van der Waals surface area contributed by atoms with Gasteiger partial charge in [0.15, 0.2) is 0 Å². The van der Waals surface area contributed by atoms with Crippen LogP contribution >= 0.6 is 0 Å². The van der Waals surface area contributed by atoms with Crippen molar-refractivity contribution in [1.29, 1.82) is 0 Å². The van der Waals surface area contributed by atoms with Gasteiger partial charge in [0, 0.05) is 38.1 Å². The molecule has 0 bridgehead atoms. The van der Waals surface area contributed by atoms with Crippen LogP contribution in [-0.2, 0) is 14.3 Å². The Kier molecular flexibility index (Phi) is 7.57. The van der Waals surface area contributed by atoms with Gasteiger partial charge in [-0.3, -0.25) is 14.4 Å². The van der Waals surface area contributed by atoms with Crippen LogP contribution in [0.25, 0.3) is 0 Å². The highest BCUT2D eigenvalue weighted by Crippen LogP contribution is 2.25. The van der Waals surface area contributed by atoms with Gasteiger partial charge < -0.3 is 20.3 Å². The van der Waals surface area contributed by atoms with Crippen molar-refractivity contribution in [2.45, 2.75) is 33.6 Å². The van der Waals surface area contributed by atoms with E-state index >= 15 is 0 Å². The Hall–Kier alpha value is -2.41. The molecule has 2 rings (SSSR count). The van der Waals surface area contributed by atoms with Crippen LogP contribution in [0.2, 0.25) is 0 Å². The first-order chi connectivity index (χ1) is 13.2. The van der Waals surface area contributed by atoms with Crippen molar-refractivity contribution >= 4 is 23.4 Å². The normalized spacial score (nSPS) is 15.2. The quantitative estimate of drug-likeness (QED) is 0.731. The van der Waals surface area contributed by atoms with Crippen LogP contribution in [-0.4, -0.2) is 56.0 Å². The number of benzene rings is 1. The van der Waals surface area contributed by atoms with Gasteiger partial charge in [0.25, 0.3) is 5.91 Å². The minimum atomic E-state index is -0.412. The number of carbonyl (C=O) groups excluding carboxylic acids is 3. The first-order valence-corrected chi connectivity index (χ1v) is 9.70. The fourth-order valence-electron chi connectivity index (χ4n) is 3.21. The number of hydrogen-bond acceptors (Lipinski definition) is 4. The third-order valence-electron chi connectivity index (χ3n) is 4.82. The molecular weight excluding hydrogens is 358 g/mol. The van der Waals surface area contributed by atoms with Crippen LogP contribution in [0.1, 0.15) is 44.0 Å². The molecule has 0 unspecified atom stereocenters. The molecule has 1 fully saturated rings. The van der Waals surface area contributed by atoms with E-state index in [2.05, 4.69) is 10.6 Å². The summed E-state index contributed by atoms with van der Waals surface area (Å²) >= 11 is 0. The van der Waals surface area contributed by atoms with Crippen molar-refractivity contribution in [2.75, 3.05) is 38.7 Å². The largest absolute Gasteiger partial charge is 0.383 e. The molecule has 7 heteroatoms. The Bertz CT molecular complexity index is 704. The lowest BCUT2D eigenvalue weighted by Crippen LogP contribution is -2.45. The Morgan fingerprint density at radius 1 is 1.14 bits per heavy atom. The number of piperidine rings is 1. The number of likely N-dealkylation sites (tertiary alicyclic amines) is 1. The molecule has 1 heterocycles. The van der Waals surface area contributed by atoms with E-state index < -0.39 is 5.41 Å². The summed E-state index contributed by atoms with van der Waals surface area (Å²) in [5.41, 5.74) is 0.507. The highest BCUT2D eigenvalue weighted by atomic mass is 16.5. The topological polar surface area (TPSA) is 87.7 Å². The van der Waals surface area contributed by atoms with Crippen molar-refractivity contribution in [3.05, 3.63) is 29.8 Å². The van der Waals surface area contributed by atoms with Crippen molar-refractivity contribution in [3.63, 3.8) is 0 Å². The minimum Gasteiger partial charge on any atom is -0.383 e. The Labute approximate surface area is 166 Å². The fourth-order valence-corrected chi connectivity index (χ4v) is 3.21. The van der Waals surface area contributed by atoms with Gasteiger partial charge >= 0.3 is 0 Å². The maximum atomic E-state index is 12.7. The van der Waals surface area contributed by atoms with E-state index in [1.165, 1.54) is 0 Å². The Morgan fingerprint density at radius 2 is 1.79 bits per heavy atom. The molecule has 1 aromatic carbocycles. The Balaban J connectivity index is 1.95. The summed E-state index contributed by atoms with van der Waals surface area (Å²) in [6.45, 7) is 7.69. The predicted molar refractivity (Wildman–Crippen MR) is 108 cm³/mol. The summed E-state index contributed by atoms with van der Waals surface area (Å²) in [5.74, 6) is -0.420.